The number of rotatable bonds is 18. The molecule has 0 heteroatoms. The third-order valence-electron chi connectivity index (χ3n) is 5.37. The number of allylic oxidation sites excluding steroid dienone is 2. The minimum atomic E-state index is 1.36. The molecule has 0 N–H and O–H groups in total. The van der Waals surface area contributed by atoms with Crippen molar-refractivity contribution in [3.63, 3.8) is 0 Å². The van der Waals surface area contributed by atoms with Gasteiger partial charge in [0.25, 0.3) is 0 Å². The molecule has 0 atom stereocenters. The maximum absolute atomic E-state index is 2.32. The Labute approximate surface area is 154 Å². The molecular formula is C24H48. The van der Waals surface area contributed by atoms with E-state index in [1.165, 1.54) is 116 Å². The molecule has 0 rings (SSSR count). The third kappa shape index (κ3) is 16.6. The van der Waals surface area contributed by atoms with Gasteiger partial charge in [0, 0.05) is 0 Å². The molecule has 0 aromatic heterocycles. The third-order valence-corrected chi connectivity index (χ3v) is 5.37. The first kappa shape index (κ1) is 23.7. The standard InChI is InChI=1S/C24H48/c1-5-7-9-11-13-15-17-19-21-24(23(3)4)22-20-18-16-14-12-10-8-6-2/h5-22H2,1-4H3. The average Bonchev–Trinajstić information content (AvgIpc) is 2.57. The van der Waals surface area contributed by atoms with E-state index in [9.17, 15) is 0 Å². The molecule has 0 amide bonds. The molecule has 0 saturated carbocycles. The van der Waals surface area contributed by atoms with Crippen LogP contribution >= 0.6 is 0 Å². The zero-order valence-corrected chi connectivity index (χ0v) is 17.7. The fourth-order valence-electron chi connectivity index (χ4n) is 3.57. The van der Waals surface area contributed by atoms with Gasteiger partial charge in [-0.05, 0) is 39.5 Å². The Morgan fingerprint density at radius 1 is 0.417 bits per heavy atom. The molecule has 0 aliphatic rings. The maximum Gasteiger partial charge on any atom is -0.0318 e. The highest BCUT2D eigenvalue weighted by atomic mass is 14.1. The molecule has 0 radical (unpaired) electrons. The average molecular weight is 337 g/mol. The van der Waals surface area contributed by atoms with Gasteiger partial charge in [0.15, 0.2) is 0 Å². The van der Waals surface area contributed by atoms with E-state index in [2.05, 4.69) is 27.7 Å². The van der Waals surface area contributed by atoms with Crippen LogP contribution in [0.4, 0.5) is 0 Å². The monoisotopic (exact) mass is 336 g/mol. The maximum atomic E-state index is 2.32. The fourth-order valence-corrected chi connectivity index (χ4v) is 3.57. The lowest BCUT2D eigenvalue weighted by atomic mass is 9.96. The number of hydrogen-bond donors (Lipinski definition) is 0. The van der Waals surface area contributed by atoms with Gasteiger partial charge >= 0.3 is 0 Å². The van der Waals surface area contributed by atoms with Crippen molar-refractivity contribution >= 4 is 0 Å². The van der Waals surface area contributed by atoms with E-state index >= 15 is 0 Å². The molecular weight excluding hydrogens is 288 g/mol. The summed E-state index contributed by atoms with van der Waals surface area (Å²) in [6.07, 6.45) is 25.7. The van der Waals surface area contributed by atoms with Gasteiger partial charge in [0.1, 0.15) is 0 Å². The van der Waals surface area contributed by atoms with Gasteiger partial charge in [0.05, 0.1) is 0 Å². The molecule has 0 aromatic rings. The van der Waals surface area contributed by atoms with Gasteiger partial charge in [-0.1, -0.05) is 115 Å². The van der Waals surface area contributed by atoms with Crippen molar-refractivity contribution in [3.8, 4) is 0 Å². The first-order valence-electron chi connectivity index (χ1n) is 11.4. The van der Waals surface area contributed by atoms with E-state index in [0.717, 1.165) is 0 Å². The smallest absolute Gasteiger partial charge is 0.0318 e. The molecule has 0 saturated heterocycles. The van der Waals surface area contributed by atoms with Crippen molar-refractivity contribution in [2.24, 2.45) is 0 Å². The Morgan fingerprint density at radius 3 is 1.00 bits per heavy atom. The van der Waals surface area contributed by atoms with Gasteiger partial charge in [-0.25, -0.2) is 0 Å². The fraction of sp³-hybridized carbons (Fsp3) is 0.917. The van der Waals surface area contributed by atoms with Crippen LogP contribution in [0.1, 0.15) is 143 Å². The van der Waals surface area contributed by atoms with Gasteiger partial charge < -0.3 is 0 Å². The summed E-state index contributed by atoms with van der Waals surface area (Å²) in [7, 11) is 0. The van der Waals surface area contributed by atoms with Crippen LogP contribution in [0.15, 0.2) is 11.1 Å². The van der Waals surface area contributed by atoms with Crippen LogP contribution in [0.25, 0.3) is 0 Å². The van der Waals surface area contributed by atoms with Crippen molar-refractivity contribution in [3.05, 3.63) is 11.1 Å². The Kier molecular flexibility index (Phi) is 18.9. The zero-order valence-electron chi connectivity index (χ0n) is 17.7. The van der Waals surface area contributed by atoms with Crippen LogP contribution < -0.4 is 0 Å². The summed E-state index contributed by atoms with van der Waals surface area (Å²) in [4.78, 5) is 0. The molecule has 0 bridgehead atoms. The predicted molar refractivity (Wildman–Crippen MR) is 113 cm³/mol. The summed E-state index contributed by atoms with van der Waals surface area (Å²) in [5.41, 5.74) is 3.37. The van der Waals surface area contributed by atoms with Gasteiger partial charge in [0.2, 0.25) is 0 Å². The minimum Gasteiger partial charge on any atom is -0.0772 e. The van der Waals surface area contributed by atoms with Crippen LogP contribution in [-0.4, -0.2) is 0 Å². The van der Waals surface area contributed by atoms with Gasteiger partial charge in [-0.3, -0.25) is 0 Å². The molecule has 0 nitrogen and oxygen atoms in total. The Morgan fingerprint density at radius 2 is 0.708 bits per heavy atom. The van der Waals surface area contributed by atoms with Crippen molar-refractivity contribution < 1.29 is 0 Å². The summed E-state index contributed by atoms with van der Waals surface area (Å²) in [6.45, 7) is 9.25. The van der Waals surface area contributed by atoms with Crippen LogP contribution in [0.2, 0.25) is 0 Å². The van der Waals surface area contributed by atoms with E-state index < -0.39 is 0 Å². The van der Waals surface area contributed by atoms with Crippen molar-refractivity contribution in [1.82, 2.24) is 0 Å². The molecule has 0 heterocycles. The Bertz CT molecular complexity index is 248. The van der Waals surface area contributed by atoms with Crippen molar-refractivity contribution in [2.75, 3.05) is 0 Å². The minimum absolute atomic E-state index is 1.36. The van der Waals surface area contributed by atoms with Crippen LogP contribution in [0.5, 0.6) is 0 Å². The van der Waals surface area contributed by atoms with Crippen molar-refractivity contribution in [1.29, 1.82) is 0 Å². The lowest BCUT2D eigenvalue weighted by molar-refractivity contribution is 0.559. The summed E-state index contributed by atoms with van der Waals surface area (Å²) in [5, 5.41) is 0. The summed E-state index contributed by atoms with van der Waals surface area (Å²) in [6, 6.07) is 0. The van der Waals surface area contributed by atoms with Crippen LogP contribution in [-0.2, 0) is 0 Å². The predicted octanol–water partition coefficient (Wildman–Crippen LogP) is 9.38. The molecule has 0 aliphatic carbocycles. The lowest BCUT2D eigenvalue weighted by Gasteiger charge is -2.10. The highest BCUT2D eigenvalue weighted by Crippen LogP contribution is 2.21. The summed E-state index contributed by atoms with van der Waals surface area (Å²) < 4.78 is 0. The molecule has 0 aliphatic heterocycles. The van der Waals surface area contributed by atoms with Crippen LogP contribution in [0.3, 0.4) is 0 Å². The molecule has 0 unspecified atom stereocenters. The van der Waals surface area contributed by atoms with Gasteiger partial charge in [-0.2, -0.15) is 0 Å². The number of hydrogen-bond acceptors (Lipinski definition) is 0. The van der Waals surface area contributed by atoms with E-state index in [1.54, 1.807) is 11.1 Å². The first-order chi connectivity index (χ1) is 11.7. The molecule has 0 aromatic carbocycles. The highest BCUT2D eigenvalue weighted by Gasteiger charge is 2.01. The van der Waals surface area contributed by atoms with Gasteiger partial charge in [-0.15, -0.1) is 0 Å². The molecule has 0 spiro atoms. The second-order valence-electron chi connectivity index (χ2n) is 8.05. The van der Waals surface area contributed by atoms with E-state index in [4.69, 9.17) is 0 Å². The first-order valence-corrected chi connectivity index (χ1v) is 11.4. The second-order valence-corrected chi connectivity index (χ2v) is 8.05. The highest BCUT2D eigenvalue weighted by molar-refractivity contribution is 5.09. The Hall–Kier alpha value is -0.260. The lowest BCUT2D eigenvalue weighted by Crippen LogP contribution is -1.90. The number of unbranched alkanes of at least 4 members (excludes halogenated alkanes) is 14. The molecule has 144 valence electrons. The molecule has 0 fully saturated rings. The van der Waals surface area contributed by atoms with E-state index in [1.807, 2.05) is 0 Å². The van der Waals surface area contributed by atoms with E-state index in [0.29, 0.717) is 0 Å². The normalized spacial score (nSPS) is 11.0. The largest absolute Gasteiger partial charge is 0.0772 e. The van der Waals surface area contributed by atoms with Crippen LogP contribution in [0, 0.1) is 0 Å². The SMILES string of the molecule is CCCCCCCCCCC(CCCCCCCCCC)=C(C)C. The van der Waals surface area contributed by atoms with E-state index in [-0.39, 0.29) is 0 Å². The van der Waals surface area contributed by atoms with Crippen molar-refractivity contribution in [2.45, 2.75) is 143 Å². The summed E-state index contributed by atoms with van der Waals surface area (Å²) in [5.74, 6) is 0. The Balaban J connectivity index is 3.54. The quantitative estimate of drug-likeness (QED) is 0.173. The molecule has 24 heavy (non-hydrogen) atoms. The second kappa shape index (κ2) is 19.1. The summed E-state index contributed by atoms with van der Waals surface area (Å²) >= 11 is 0. The topological polar surface area (TPSA) is 0 Å². The zero-order chi connectivity index (χ0) is 17.9.